The molecule has 1 N–H and O–H groups in total. The Balaban J connectivity index is 1.64. The summed E-state index contributed by atoms with van der Waals surface area (Å²) in [7, 11) is 3.21. The molecule has 0 spiro atoms. The minimum absolute atomic E-state index is 0.334. The van der Waals surface area contributed by atoms with Gasteiger partial charge in [-0.15, -0.1) is 0 Å². The number of amides is 2. The molecule has 0 fully saturated rings. The van der Waals surface area contributed by atoms with Crippen molar-refractivity contribution < 1.29 is 18.7 Å². The van der Waals surface area contributed by atoms with Crippen LogP contribution in [0, 0.1) is 5.82 Å². The summed E-state index contributed by atoms with van der Waals surface area (Å²) < 4.78 is 25.1. The third-order valence-electron chi connectivity index (χ3n) is 4.66. The first-order valence-corrected chi connectivity index (χ1v) is 9.18. The third kappa shape index (κ3) is 4.85. The average molecular weight is 394 g/mol. The van der Waals surface area contributed by atoms with E-state index in [4.69, 9.17) is 9.47 Å². The van der Waals surface area contributed by atoms with Crippen molar-refractivity contribution >= 4 is 11.7 Å². The van der Waals surface area contributed by atoms with Crippen molar-refractivity contribution in [2.45, 2.75) is 13.0 Å². The predicted molar refractivity (Wildman–Crippen MR) is 111 cm³/mol. The van der Waals surface area contributed by atoms with Gasteiger partial charge < -0.3 is 19.7 Å². The van der Waals surface area contributed by atoms with E-state index in [1.54, 1.807) is 63.5 Å². The van der Waals surface area contributed by atoms with Gasteiger partial charge in [0.1, 0.15) is 11.6 Å². The number of para-hydroxylation sites is 2. The van der Waals surface area contributed by atoms with Crippen LogP contribution in [0.1, 0.15) is 18.5 Å². The number of hydrogen-bond acceptors (Lipinski definition) is 3. The fourth-order valence-corrected chi connectivity index (χ4v) is 2.85. The Hall–Kier alpha value is -3.54. The molecule has 0 heterocycles. The number of carbonyl (C=O) groups is 1. The molecule has 29 heavy (non-hydrogen) atoms. The highest BCUT2D eigenvalue weighted by Gasteiger charge is 2.20. The Morgan fingerprint density at radius 3 is 2.24 bits per heavy atom. The summed E-state index contributed by atoms with van der Waals surface area (Å²) in [6, 6.07) is 20.0. The molecule has 150 valence electrons. The first-order chi connectivity index (χ1) is 14.0. The first kappa shape index (κ1) is 20.2. The molecule has 0 aliphatic carbocycles. The van der Waals surface area contributed by atoms with E-state index in [0.717, 1.165) is 0 Å². The molecule has 0 saturated carbocycles. The molecular formula is C23H23FN2O3. The fourth-order valence-electron chi connectivity index (χ4n) is 2.85. The highest BCUT2D eigenvalue weighted by molar-refractivity contribution is 5.89. The standard InChI is InChI=1S/C23H23FN2O3/c1-16(19-8-4-5-9-20(19)24)26(2)23(27)25-17-12-14-18(15-13-17)29-22-11-7-6-10-21(22)28-3/h4-16H,1-3H3,(H,25,27). The van der Waals surface area contributed by atoms with Gasteiger partial charge in [-0.2, -0.15) is 0 Å². The van der Waals surface area contributed by atoms with Crippen LogP contribution in [0.4, 0.5) is 14.9 Å². The van der Waals surface area contributed by atoms with E-state index in [2.05, 4.69) is 5.32 Å². The average Bonchev–Trinajstić information content (AvgIpc) is 2.74. The van der Waals surface area contributed by atoms with Crippen LogP contribution in [0.3, 0.4) is 0 Å². The highest BCUT2D eigenvalue weighted by Crippen LogP contribution is 2.31. The highest BCUT2D eigenvalue weighted by atomic mass is 19.1. The number of methoxy groups -OCH3 is 1. The van der Waals surface area contributed by atoms with Crippen LogP contribution >= 0.6 is 0 Å². The summed E-state index contributed by atoms with van der Waals surface area (Å²) >= 11 is 0. The molecule has 3 aromatic carbocycles. The molecule has 0 saturated heterocycles. The molecule has 1 atom stereocenters. The number of nitrogens with one attached hydrogen (secondary N) is 1. The summed E-state index contributed by atoms with van der Waals surface area (Å²) in [5.41, 5.74) is 1.07. The Kier molecular flexibility index (Phi) is 6.34. The van der Waals surface area contributed by atoms with Crippen LogP contribution in [-0.2, 0) is 0 Å². The maximum atomic E-state index is 14.0. The van der Waals surface area contributed by atoms with Gasteiger partial charge in [0.05, 0.1) is 13.2 Å². The lowest BCUT2D eigenvalue weighted by Crippen LogP contribution is -2.33. The number of urea groups is 1. The Morgan fingerprint density at radius 1 is 0.966 bits per heavy atom. The van der Waals surface area contributed by atoms with E-state index in [0.29, 0.717) is 28.5 Å². The SMILES string of the molecule is COc1ccccc1Oc1ccc(NC(=O)N(C)C(C)c2ccccc2F)cc1. The van der Waals surface area contributed by atoms with Crippen molar-refractivity contribution in [2.75, 3.05) is 19.5 Å². The van der Waals surface area contributed by atoms with Crippen LogP contribution in [-0.4, -0.2) is 25.1 Å². The number of ether oxygens (including phenoxy) is 2. The third-order valence-corrected chi connectivity index (χ3v) is 4.66. The number of anilines is 1. The van der Waals surface area contributed by atoms with E-state index >= 15 is 0 Å². The molecule has 0 aliphatic heterocycles. The summed E-state index contributed by atoms with van der Waals surface area (Å²) in [5, 5.41) is 2.81. The van der Waals surface area contributed by atoms with Gasteiger partial charge in [-0.25, -0.2) is 9.18 Å². The number of nitrogens with zero attached hydrogens (tertiary/aromatic N) is 1. The van der Waals surface area contributed by atoms with Crippen molar-refractivity contribution in [2.24, 2.45) is 0 Å². The second-order valence-electron chi connectivity index (χ2n) is 6.52. The zero-order chi connectivity index (χ0) is 20.8. The maximum absolute atomic E-state index is 14.0. The molecule has 2 amide bonds. The molecular weight excluding hydrogens is 371 g/mol. The maximum Gasteiger partial charge on any atom is 0.322 e. The molecule has 1 unspecified atom stereocenters. The lowest BCUT2D eigenvalue weighted by atomic mass is 10.1. The van der Waals surface area contributed by atoms with E-state index in [-0.39, 0.29) is 11.8 Å². The summed E-state index contributed by atoms with van der Waals surface area (Å²) in [5.74, 6) is 1.51. The lowest BCUT2D eigenvalue weighted by molar-refractivity contribution is 0.207. The van der Waals surface area contributed by atoms with Crippen molar-refractivity contribution in [1.29, 1.82) is 0 Å². The normalized spacial score (nSPS) is 11.4. The number of rotatable bonds is 6. The van der Waals surface area contributed by atoms with Gasteiger partial charge in [-0.3, -0.25) is 0 Å². The van der Waals surface area contributed by atoms with Crippen LogP contribution in [0.5, 0.6) is 17.2 Å². The van der Waals surface area contributed by atoms with E-state index < -0.39 is 6.04 Å². The largest absolute Gasteiger partial charge is 0.493 e. The second-order valence-corrected chi connectivity index (χ2v) is 6.52. The molecule has 3 rings (SSSR count). The Labute approximate surface area is 169 Å². The number of halogens is 1. The summed E-state index contributed by atoms with van der Waals surface area (Å²) in [6.45, 7) is 1.78. The quantitative estimate of drug-likeness (QED) is 0.570. The monoisotopic (exact) mass is 394 g/mol. The Bertz CT molecular complexity index is 976. The molecule has 0 aromatic heterocycles. The molecule has 6 heteroatoms. The van der Waals surface area contributed by atoms with Crippen molar-refractivity contribution in [3.63, 3.8) is 0 Å². The summed E-state index contributed by atoms with van der Waals surface area (Å²) in [4.78, 5) is 14.0. The second kappa shape index (κ2) is 9.10. The van der Waals surface area contributed by atoms with Crippen LogP contribution in [0.25, 0.3) is 0 Å². The zero-order valence-electron chi connectivity index (χ0n) is 16.6. The van der Waals surface area contributed by atoms with Crippen molar-refractivity contribution in [3.05, 3.63) is 84.2 Å². The molecule has 0 bridgehead atoms. The van der Waals surface area contributed by atoms with Gasteiger partial charge in [0.15, 0.2) is 11.5 Å². The van der Waals surface area contributed by atoms with Gasteiger partial charge in [0.25, 0.3) is 0 Å². The number of carbonyl (C=O) groups excluding carboxylic acids is 1. The molecule has 0 aliphatic rings. The van der Waals surface area contributed by atoms with Gasteiger partial charge in [0, 0.05) is 18.3 Å². The smallest absolute Gasteiger partial charge is 0.322 e. The van der Waals surface area contributed by atoms with Crippen molar-refractivity contribution in [1.82, 2.24) is 4.90 Å². The van der Waals surface area contributed by atoms with E-state index in [9.17, 15) is 9.18 Å². The van der Waals surface area contributed by atoms with E-state index in [1.165, 1.54) is 11.0 Å². The van der Waals surface area contributed by atoms with Crippen LogP contribution in [0.2, 0.25) is 0 Å². The minimum Gasteiger partial charge on any atom is -0.493 e. The first-order valence-electron chi connectivity index (χ1n) is 9.18. The zero-order valence-corrected chi connectivity index (χ0v) is 16.6. The fraction of sp³-hybridized carbons (Fsp3) is 0.174. The minimum atomic E-state index is -0.413. The van der Waals surface area contributed by atoms with Gasteiger partial charge >= 0.3 is 6.03 Å². The lowest BCUT2D eigenvalue weighted by Gasteiger charge is -2.26. The van der Waals surface area contributed by atoms with Gasteiger partial charge in [-0.05, 0) is 49.4 Å². The topological polar surface area (TPSA) is 50.8 Å². The molecule has 5 nitrogen and oxygen atoms in total. The Morgan fingerprint density at radius 2 is 1.59 bits per heavy atom. The van der Waals surface area contributed by atoms with Gasteiger partial charge in [0.2, 0.25) is 0 Å². The van der Waals surface area contributed by atoms with E-state index in [1.807, 2.05) is 24.3 Å². The number of benzene rings is 3. The number of hydrogen-bond donors (Lipinski definition) is 1. The predicted octanol–water partition coefficient (Wildman–Crippen LogP) is 5.85. The van der Waals surface area contributed by atoms with Crippen LogP contribution in [0.15, 0.2) is 72.8 Å². The summed E-state index contributed by atoms with van der Waals surface area (Å²) in [6.07, 6.45) is 0. The van der Waals surface area contributed by atoms with Crippen LogP contribution < -0.4 is 14.8 Å². The molecule has 3 aromatic rings. The molecule has 0 radical (unpaired) electrons. The van der Waals surface area contributed by atoms with Crippen molar-refractivity contribution in [3.8, 4) is 17.2 Å². The van der Waals surface area contributed by atoms with Gasteiger partial charge in [-0.1, -0.05) is 30.3 Å².